The SMILES string of the molecule is CC(C)(C)OC(=O)NC1(c2ccc(-c3nc4c(cc3-c3ccccc3)-n3c(nnc3C(F)(F)F)CO4)cc2)CCC1. The molecule has 1 aliphatic carbocycles. The maximum Gasteiger partial charge on any atom is 0.452 e. The minimum absolute atomic E-state index is 0.0472. The predicted octanol–water partition coefficient (Wildman–Crippen LogP) is 6.81. The van der Waals surface area contributed by atoms with Gasteiger partial charge in [0.15, 0.2) is 12.4 Å². The van der Waals surface area contributed by atoms with E-state index in [0.717, 1.165) is 40.5 Å². The average molecular weight is 564 g/mol. The van der Waals surface area contributed by atoms with Crippen LogP contribution in [0, 0.1) is 0 Å². The van der Waals surface area contributed by atoms with Crippen LogP contribution in [0.25, 0.3) is 28.1 Å². The summed E-state index contributed by atoms with van der Waals surface area (Å²) in [6, 6.07) is 18.7. The molecule has 1 fully saturated rings. The average Bonchev–Trinajstić information content (AvgIpc) is 3.35. The molecule has 11 heteroatoms. The van der Waals surface area contributed by atoms with E-state index in [4.69, 9.17) is 14.5 Å². The fourth-order valence-electron chi connectivity index (χ4n) is 5.25. The Labute approximate surface area is 234 Å². The zero-order valence-corrected chi connectivity index (χ0v) is 22.7. The van der Waals surface area contributed by atoms with Gasteiger partial charge in [-0.1, -0.05) is 54.6 Å². The topological polar surface area (TPSA) is 91.2 Å². The van der Waals surface area contributed by atoms with E-state index < -0.39 is 29.2 Å². The second-order valence-electron chi connectivity index (χ2n) is 11.3. The van der Waals surface area contributed by atoms with Crippen LogP contribution in [0.15, 0.2) is 60.7 Å². The molecule has 2 aromatic carbocycles. The molecule has 0 radical (unpaired) electrons. The van der Waals surface area contributed by atoms with Crippen molar-refractivity contribution in [3.05, 3.63) is 77.9 Å². The fourth-order valence-corrected chi connectivity index (χ4v) is 5.25. The third-order valence-corrected chi connectivity index (χ3v) is 7.27. The van der Waals surface area contributed by atoms with Crippen molar-refractivity contribution in [1.29, 1.82) is 0 Å². The molecular formula is C30H28F3N5O3. The van der Waals surface area contributed by atoms with Gasteiger partial charge >= 0.3 is 12.3 Å². The van der Waals surface area contributed by atoms with Crippen molar-refractivity contribution < 1.29 is 27.4 Å². The van der Waals surface area contributed by atoms with Crippen LogP contribution in [-0.4, -0.2) is 31.4 Å². The summed E-state index contributed by atoms with van der Waals surface area (Å²) >= 11 is 0. The van der Waals surface area contributed by atoms with Crippen LogP contribution in [0.2, 0.25) is 0 Å². The largest absolute Gasteiger partial charge is 0.468 e. The van der Waals surface area contributed by atoms with Crippen molar-refractivity contribution >= 4 is 6.09 Å². The molecule has 2 aliphatic rings. The van der Waals surface area contributed by atoms with Gasteiger partial charge in [-0.2, -0.15) is 13.2 Å². The quantitative estimate of drug-likeness (QED) is 0.293. The lowest BCUT2D eigenvalue weighted by Gasteiger charge is -2.43. The number of rotatable bonds is 4. The number of aromatic nitrogens is 4. The molecule has 8 nitrogen and oxygen atoms in total. The van der Waals surface area contributed by atoms with Gasteiger partial charge in [-0.05, 0) is 57.2 Å². The molecular weight excluding hydrogens is 535 g/mol. The monoisotopic (exact) mass is 563 g/mol. The molecule has 1 aliphatic heterocycles. The number of fused-ring (bicyclic) bond motifs is 3. The fraction of sp³-hybridized carbons (Fsp3) is 0.333. The van der Waals surface area contributed by atoms with Gasteiger partial charge in [-0.15, -0.1) is 10.2 Å². The number of ether oxygens (including phenoxy) is 2. The van der Waals surface area contributed by atoms with E-state index in [0.29, 0.717) is 11.3 Å². The van der Waals surface area contributed by atoms with Crippen molar-refractivity contribution in [2.45, 2.75) is 64.0 Å². The lowest BCUT2D eigenvalue weighted by Crippen LogP contribution is -2.52. The summed E-state index contributed by atoms with van der Waals surface area (Å²) in [5, 5.41) is 10.1. The van der Waals surface area contributed by atoms with Gasteiger partial charge in [-0.25, -0.2) is 9.78 Å². The molecule has 0 spiro atoms. The van der Waals surface area contributed by atoms with Gasteiger partial charge in [-0.3, -0.25) is 4.57 Å². The summed E-state index contributed by atoms with van der Waals surface area (Å²) in [6.07, 6.45) is -2.62. The smallest absolute Gasteiger partial charge is 0.452 e. The highest BCUT2D eigenvalue weighted by Gasteiger charge is 2.42. The summed E-state index contributed by atoms with van der Waals surface area (Å²) in [6.45, 7) is 5.28. The number of halogens is 3. The molecule has 4 aromatic rings. The number of carbonyl (C=O) groups is 1. The van der Waals surface area contributed by atoms with E-state index in [1.54, 1.807) is 6.07 Å². The Kier molecular flexibility index (Phi) is 6.28. The second-order valence-corrected chi connectivity index (χ2v) is 11.3. The molecule has 0 atom stereocenters. The summed E-state index contributed by atoms with van der Waals surface area (Å²) in [4.78, 5) is 17.3. The Hall–Kier alpha value is -4.41. The number of pyridine rings is 1. The zero-order valence-electron chi connectivity index (χ0n) is 22.7. The maximum atomic E-state index is 13.8. The first kappa shape index (κ1) is 26.8. The molecule has 1 amide bonds. The Balaban J connectivity index is 1.41. The van der Waals surface area contributed by atoms with Gasteiger partial charge in [0.1, 0.15) is 11.3 Å². The normalized spacial score (nSPS) is 15.7. The standard InChI is InChI=1S/C30H28F3N5O3/c1-28(2,3)41-27(39)35-29(14-7-15-29)20-12-10-19(11-13-20)24-21(18-8-5-4-6-9-18)16-22-25(34-24)40-17-23-36-37-26(38(22)23)30(31,32)33/h4-6,8-13,16H,7,14-15,17H2,1-3H3,(H,35,39). The van der Waals surface area contributed by atoms with E-state index in [1.165, 1.54) is 0 Å². The van der Waals surface area contributed by atoms with Gasteiger partial charge in [0.2, 0.25) is 11.7 Å². The lowest BCUT2D eigenvalue weighted by molar-refractivity contribution is -0.146. The maximum absolute atomic E-state index is 13.8. The minimum atomic E-state index is -4.70. The zero-order chi connectivity index (χ0) is 29.0. The summed E-state index contributed by atoms with van der Waals surface area (Å²) in [5.74, 6) is -1.02. The van der Waals surface area contributed by atoms with E-state index in [2.05, 4.69) is 15.5 Å². The number of hydrogen-bond donors (Lipinski definition) is 1. The van der Waals surface area contributed by atoms with Gasteiger partial charge in [0, 0.05) is 11.1 Å². The third kappa shape index (κ3) is 5.00. The molecule has 2 aromatic heterocycles. The number of carbonyl (C=O) groups excluding carboxylic acids is 1. The Morgan fingerprint density at radius 2 is 1.71 bits per heavy atom. The van der Waals surface area contributed by atoms with Gasteiger partial charge < -0.3 is 14.8 Å². The summed E-state index contributed by atoms with van der Waals surface area (Å²) in [7, 11) is 0. The molecule has 0 unspecified atom stereocenters. The van der Waals surface area contributed by atoms with E-state index >= 15 is 0 Å². The highest BCUT2D eigenvalue weighted by molar-refractivity contribution is 5.83. The van der Waals surface area contributed by atoms with Crippen LogP contribution in [0.5, 0.6) is 5.88 Å². The minimum Gasteiger partial charge on any atom is -0.468 e. The van der Waals surface area contributed by atoms with Crippen molar-refractivity contribution in [1.82, 2.24) is 25.1 Å². The van der Waals surface area contributed by atoms with Crippen LogP contribution >= 0.6 is 0 Å². The molecule has 212 valence electrons. The number of nitrogens with zero attached hydrogens (tertiary/aromatic N) is 4. The number of alkyl carbamates (subject to hydrolysis) is 1. The predicted molar refractivity (Wildman–Crippen MR) is 144 cm³/mol. The first-order valence-electron chi connectivity index (χ1n) is 13.3. The van der Waals surface area contributed by atoms with E-state index in [9.17, 15) is 18.0 Å². The van der Waals surface area contributed by atoms with Crippen molar-refractivity contribution in [3.8, 4) is 34.0 Å². The third-order valence-electron chi connectivity index (χ3n) is 7.27. The molecule has 1 saturated carbocycles. The second kappa shape index (κ2) is 9.60. The highest BCUT2D eigenvalue weighted by Crippen LogP contribution is 2.44. The molecule has 3 heterocycles. The lowest BCUT2D eigenvalue weighted by atomic mass is 9.71. The molecule has 0 saturated heterocycles. The number of hydrogen-bond acceptors (Lipinski definition) is 6. The molecule has 0 bridgehead atoms. The van der Waals surface area contributed by atoms with Crippen molar-refractivity contribution in [2.24, 2.45) is 0 Å². The van der Waals surface area contributed by atoms with Crippen LogP contribution < -0.4 is 10.1 Å². The molecule has 6 rings (SSSR count). The van der Waals surface area contributed by atoms with E-state index in [1.807, 2.05) is 75.4 Å². The highest BCUT2D eigenvalue weighted by atomic mass is 19.4. The number of alkyl halides is 3. The van der Waals surface area contributed by atoms with E-state index in [-0.39, 0.29) is 24.0 Å². The van der Waals surface area contributed by atoms with Gasteiger partial charge in [0.05, 0.1) is 11.2 Å². The van der Waals surface area contributed by atoms with Crippen LogP contribution in [0.4, 0.5) is 18.0 Å². The Bertz CT molecular complexity index is 1610. The summed E-state index contributed by atoms with van der Waals surface area (Å²) < 4.78 is 53.6. The van der Waals surface area contributed by atoms with Crippen LogP contribution in [0.1, 0.15) is 57.2 Å². The van der Waals surface area contributed by atoms with Gasteiger partial charge in [0.25, 0.3) is 0 Å². The van der Waals surface area contributed by atoms with Crippen molar-refractivity contribution in [2.75, 3.05) is 0 Å². The van der Waals surface area contributed by atoms with Crippen LogP contribution in [-0.2, 0) is 23.1 Å². The number of nitrogens with one attached hydrogen (secondary N) is 1. The Morgan fingerprint density at radius 3 is 2.32 bits per heavy atom. The van der Waals surface area contributed by atoms with Crippen molar-refractivity contribution in [3.63, 3.8) is 0 Å². The Morgan fingerprint density at radius 1 is 1.00 bits per heavy atom. The molecule has 1 N–H and O–H groups in total. The number of benzene rings is 2. The summed E-state index contributed by atoms with van der Waals surface area (Å²) in [5.41, 5.74) is 2.63. The number of amides is 1. The first-order valence-corrected chi connectivity index (χ1v) is 13.3. The van der Waals surface area contributed by atoms with Crippen LogP contribution in [0.3, 0.4) is 0 Å². The first-order chi connectivity index (χ1) is 19.4. The molecule has 41 heavy (non-hydrogen) atoms.